The van der Waals surface area contributed by atoms with Crippen LogP contribution in [0.4, 0.5) is 0 Å². The number of likely N-dealkylation sites (N-methyl/N-ethyl adjacent to an activating group) is 1. The molecule has 0 heterocycles. The van der Waals surface area contributed by atoms with Crippen LogP contribution in [0, 0.1) is 11.8 Å². The zero-order valence-corrected chi connectivity index (χ0v) is 12.4. The zero-order chi connectivity index (χ0) is 13.0. The Morgan fingerprint density at radius 2 is 1.82 bits per heavy atom. The highest BCUT2D eigenvalue weighted by Gasteiger charge is 2.19. The normalized spacial score (nSPS) is 15.0. The molecular formula is C14H21Cl2N. The maximum absolute atomic E-state index is 6.20. The van der Waals surface area contributed by atoms with E-state index in [-0.39, 0.29) is 0 Å². The van der Waals surface area contributed by atoms with Gasteiger partial charge in [0.2, 0.25) is 0 Å². The van der Waals surface area contributed by atoms with Crippen LogP contribution in [0.5, 0.6) is 0 Å². The highest BCUT2D eigenvalue weighted by molar-refractivity contribution is 6.33. The third kappa shape index (κ3) is 4.17. The maximum Gasteiger partial charge on any atom is 0.0439 e. The summed E-state index contributed by atoms with van der Waals surface area (Å²) in [6.07, 6.45) is 0.912. The SMILES string of the molecule is CNC(Cc1cc(Cl)ccc1Cl)C(C)C(C)C. The Morgan fingerprint density at radius 3 is 2.35 bits per heavy atom. The van der Waals surface area contributed by atoms with Gasteiger partial charge in [-0.05, 0) is 49.1 Å². The molecular weight excluding hydrogens is 253 g/mol. The van der Waals surface area contributed by atoms with E-state index in [1.54, 1.807) is 0 Å². The van der Waals surface area contributed by atoms with Gasteiger partial charge in [-0.2, -0.15) is 0 Å². The predicted octanol–water partition coefficient (Wildman–Crippen LogP) is 4.42. The minimum atomic E-state index is 0.422. The summed E-state index contributed by atoms with van der Waals surface area (Å²) in [5.74, 6) is 1.24. The lowest BCUT2D eigenvalue weighted by Crippen LogP contribution is -2.36. The smallest absolute Gasteiger partial charge is 0.0439 e. The number of hydrogen-bond donors (Lipinski definition) is 1. The van der Waals surface area contributed by atoms with Crippen LogP contribution in [0.15, 0.2) is 18.2 Å². The van der Waals surface area contributed by atoms with E-state index in [9.17, 15) is 0 Å². The Kier molecular flexibility index (Phi) is 5.78. The summed E-state index contributed by atoms with van der Waals surface area (Å²) in [5.41, 5.74) is 1.12. The third-order valence-corrected chi connectivity index (χ3v) is 4.11. The van der Waals surface area contributed by atoms with Gasteiger partial charge in [-0.25, -0.2) is 0 Å². The van der Waals surface area contributed by atoms with Gasteiger partial charge in [0.25, 0.3) is 0 Å². The van der Waals surface area contributed by atoms with Crippen LogP contribution in [-0.4, -0.2) is 13.1 Å². The quantitative estimate of drug-likeness (QED) is 0.838. The zero-order valence-electron chi connectivity index (χ0n) is 10.9. The molecule has 0 fully saturated rings. The number of nitrogens with one attached hydrogen (secondary N) is 1. The van der Waals surface area contributed by atoms with Gasteiger partial charge in [0.15, 0.2) is 0 Å². The second kappa shape index (κ2) is 6.63. The molecule has 0 bridgehead atoms. The Morgan fingerprint density at radius 1 is 1.18 bits per heavy atom. The fraction of sp³-hybridized carbons (Fsp3) is 0.571. The van der Waals surface area contributed by atoms with E-state index < -0.39 is 0 Å². The molecule has 2 atom stereocenters. The summed E-state index contributed by atoms with van der Waals surface area (Å²) < 4.78 is 0. The molecule has 1 rings (SSSR count). The molecule has 0 amide bonds. The molecule has 0 aliphatic carbocycles. The molecule has 1 nitrogen and oxygen atoms in total. The van der Waals surface area contributed by atoms with Crippen molar-refractivity contribution in [1.82, 2.24) is 5.32 Å². The van der Waals surface area contributed by atoms with Gasteiger partial charge in [0.05, 0.1) is 0 Å². The van der Waals surface area contributed by atoms with Gasteiger partial charge in [0.1, 0.15) is 0 Å². The van der Waals surface area contributed by atoms with E-state index in [2.05, 4.69) is 26.1 Å². The number of rotatable bonds is 5. The fourth-order valence-electron chi connectivity index (χ4n) is 1.95. The van der Waals surface area contributed by atoms with Crippen molar-refractivity contribution in [2.24, 2.45) is 11.8 Å². The second-order valence-corrected chi connectivity index (χ2v) is 5.78. The topological polar surface area (TPSA) is 12.0 Å². The first-order valence-corrected chi connectivity index (χ1v) is 6.82. The molecule has 1 aromatic rings. The average molecular weight is 274 g/mol. The fourth-order valence-corrected chi connectivity index (χ4v) is 2.34. The summed E-state index contributed by atoms with van der Waals surface area (Å²) in [4.78, 5) is 0. The van der Waals surface area contributed by atoms with Gasteiger partial charge in [-0.1, -0.05) is 44.0 Å². The van der Waals surface area contributed by atoms with Gasteiger partial charge in [0, 0.05) is 16.1 Å². The maximum atomic E-state index is 6.20. The van der Waals surface area contributed by atoms with Gasteiger partial charge in [-0.3, -0.25) is 0 Å². The molecule has 0 aliphatic heterocycles. The monoisotopic (exact) mass is 273 g/mol. The van der Waals surface area contributed by atoms with Crippen LogP contribution in [0.1, 0.15) is 26.3 Å². The first-order valence-electron chi connectivity index (χ1n) is 6.07. The van der Waals surface area contributed by atoms with Crippen molar-refractivity contribution in [2.75, 3.05) is 7.05 Å². The molecule has 2 unspecified atom stereocenters. The Balaban J connectivity index is 2.83. The highest BCUT2D eigenvalue weighted by Crippen LogP contribution is 2.25. The summed E-state index contributed by atoms with van der Waals surface area (Å²) in [7, 11) is 2.00. The van der Waals surface area contributed by atoms with Gasteiger partial charge >= 0.3 is 0 Å². The Bertz CT molecular complexity index is 363. The third-order valence-electron chi connectivity index (χ3n) is 3.50. The summed E-state index contributed by atoms with van der Waals surface area (Å²) in [5, 5.41) is 4.92. The van der Waals surface area contributed by atoms with Crippen molar-refractivity contribution in [3.8, 4) is 0 Å². The van der Waals surface area contributed by atoms with Gasteiger partial charge in [-0.15, -0.1) is 0 Å². The molecule has 0 saturated heterocycles. The van der Waals surface area contributed by atoms with Crippen molar-refractivity contribution in [2.45, 2.75) is 33.2 Å². The van der Waals surface area contributed by atoms with E-state index in [1.807, 2.05) is 25.2 Å². The number of halogens is 2. The first-order chi connectivity index (χ1) is 7.95. The summed E-state index contributed by atoms with van der Waals surface area (Å²) >= 11 is 12.2. The van der Waals surface area contributed by atoms with E-state index in [4.69, 9.17) is 23.2 Å². The van der Waals surface area contributed by atoms with Crippen LogP contribution in [0.25, 0.3) is 0 Å². The van der Waals surface area contributed by atoms with Crippen LogP contribution in [0.3, 0.4) is 0 Å². The lowest BCUT2D eigenvalue weighted by Gasteiger charge is -2.27. The molecule has 0 radical (unpaired) electrons. The molecule has 17 heavy (non-hydrogen) atoms. The molecule has 1 aromatic carbocycles. The van der Waals surface area contributed by atoms with Crippen molar-refractivity contribution in [1.29, 1.82) is 0 Å². The largest absolute Gasteiger partial charge is 0.316 e. The van der Waals surface area contributed by atoms with Crippen molar-refractivity contribution in [3.05, 3.63) is 33.8 Å². The minimum absolute atomic E-state index is 0.422. The minimum Gasteiger partial charge on any atom is -0.316 e. The first kappa shape index (κ1) is 14.8. The van der Waals surface area contributed by atoms with Crippen molar-refractivity contribution in [3.63, 3.8) is 0 Å². The Hall–Kier alpha value is -0.240. The van der Waals surface area contributed by atoms with E-state index >= 15 is 0 Å². The van der Waals surface area contributed by atoms with Crippen LogP contribution < -0.4 is 5.32 Å². The molecule has 1 N–H and O–H groups in total. The molecule has 0 aliphatic rings. The highest BCUT2D eigenvalue weighted by atomic mass is 35.5. The van der Waals surface area contributed by atoms with E-state index in [0.717, 1.165) is 22.0 Å². The number of benzene rings is 1. The van der Waals surface area contributed by atoms with Crippen molar-refractivity contribution < 1.29 is 0 Å². The van der Waals surface area contributed by atoms with Crippen LogP contribution >= 0.6 is 23.2 Å². The van der Waals surface area contributed by atoms with Gasteiger partial charge < -0.3 is 5.32 Å². The van der Waals surface area contributed by atoms with E-state index in [0.29, 0.717) is 17.9 Å². The summed E-state index contributed by atoms with van der Waals surface area (Å²) in [6, 6.07) is 6.08. The molecule has 0 aromatic heterocycles. The lowest BCUT2D eigenvalue weighted by molar-refractivity contribution is 0.310. The summed E-state index contributed by atoms with van der Waals surface area (Å²) in [6.45, 7) is 6.76. The number of hydrogen-bond acceptors (Lipinski definition) is 1. The molecule has 3 heteroatoms. The Labute approximate surface area is 115 Å². The van der Waals surface area contributed by atoms with Crippen LogP contribution in [0.2, 0.25) is 10.0 Å². The average Bonchev–Trinajstić information content (AvgIpc) is 2.29. The molecule has 96 valence electrons. The van der Waals surface area contributed by atoms with Crippen LogP contribution in [-0.2, 0) is 6.42 Å². The van der Waals surface area contributed by atoms with Crippen molar-refractivity contribution >= 4 is 23.2 Å². The lowest BCUT2D eigenvalue weighted by atomic mass is 9.87. The standard InChI is InChI=1S/C14H21Cl2N/c1-9(2)10(3)14(17-4)8-11-7-12(15)5-6-13(11)16/h5-7,9-10,14,17H,8H2,1-4H3. The predicted molar refractivity (Wildman–Crippen MR) is 77.0 cm³/mol. The molecule has 0 spiro atoms. The second-order valence-electron chi connectivity index (χ2n) is 4.94. The van der Waals surface area contributed by atoms with E-state index in [1.165, 1.54) is 0 Å². The molecule has 0 saturated carbocycles.